The van der Waals surface area contributed by atoms with Crippen molar-refractivity contribution in [3.8, 4) is 0 Å². The number of hydrogen-bond donors (Lipinski definition) is 1. The van der Waals surface area contributed by atoms with E-state index in [1.165, 1.54) is 25.1 Å². The van der Waals surface area contributed by atoms with Gasteiger partial charge < -0.3 is 0 Å². The predicted molar refractivity (Wildman–Crippen MR) is 63.7 cm³/mol. The molecule has 0 saturated carbocycles. The Morgan fingerprint density at radius 1 is 1.47 bits per heavy atom. The smallest absolute Gasteiger partial charge is 0.258 e. The number of alkyl halides is 1. The van der Waals surface area contributed by atoms with Gasteiger partial charge in [0.15, 0.2) is 0 Å². The summed E-state index contributed by atoms with van der Waals surface area (Å²) in [5.74, 6) is 0.132. The largest absolute Gasteiger partial charge is 0.273 e. The van der Waals surface area contributed by atoms with Gasteiger partial charge in [0.2, 0.25) is 10.0 Å². The van der Waals surface area contributed by atoms with Crippen molar-refractivity contribution in [3.05, 3.63) is 33.9 Å². The summed E-state index contributed by atoms with van der Waals surface area (Å²) in [5, 5.41) is 10.7. The van der Waals surface area contributed by atoms with E-state index in [1.807, 2.05) is 0 Å². The Morgan fingerprint density at radius 2 is 2.12 bits per heavy atom. The molecule has 1 aromatic rings. The van der Waals surface area contributed by atoms with Crippen LogP contribution in [0.2, 0.25) is 0 Å². The van der Waals surface area contributed by atoms with Crippen molar-refractivity contribution in [2.24, 2.45) is 0 Å². The summed E-state index contributed by atoms with van der Waals surface area (Å²) >= 11 is 5.38. The van der Waals surface area contributed by atoms with Crippen LogP contribution in [0.15, 0.2) is 23.1 Å². The molecule has 1 rings (SSSR count). The zero-order valence-electron chi connectivity index (χ0n) is 9.01. The van der Waals surface area contributed by atoms with E-state index in [9.17, 15) is 18.5 Å². The molecule has 0 heterocycles. The van der Waals surface area contributed by atoms with Gasteiger partial charge in [0.1, 0.15) is 0 Å². The highest BCUT2D eigenvalue weighted by Crippen LogP contribution is 2.24. The monoisotopic (exact) mass is 278 g/mol. The fourth-order valence-electron chi connectivity index (χ4n) is 1.34. The van der Waals surface area contributed by atoms with Crippen LogP contribution in [-0.2, 0) is 10.0 Å². The molecular weight excluding hydrogens is 268 g/mol. The number of halogens is 1. The van der Waals surface area contributed by atoms with Gasteiger partial charge >= 0.3 is 0 Å². The third-order valence-corrected chi connectivity index (χ3v) is 3.92. The first-order valence-electron chi connectivity index (χ1n) is 4.70. The van der Waals surface area contributed by atoms with Crippen molar-refractivity contribution >= 4 is 27.3 Å². The number of nitro groups is 1. The van der Waals surface area contributed by atoms with Crippen molar-refractivity contribution in [2.75, 3.05) is 12.4 Å². The summed E-state index contributed by atoms with van der Waals surface area (Å²) in [6.07, 6.45) is 0. The third-order valence-electron chi connectivity index (χ3n) is 2.13. The number of hydrogen-bond acceptors (Lipinski definition) is 4. The molecule has 0 aromatic heterocycles. The Bertz CT molecular complexity index is 530. The third kappa shape index (κ3) is 3.15. The van der Waals surface area contributed by atoms with Crippen molar-refractivity contribution in [3.63, 3.8) is 0 Å². The molecule has 0 aliphatic rings. The highest BCUT2D eigenvalue weighted by atomic mass is 35.5. The fourth-order valence-corrected chi connectivity index (χ4v) is 2.84. The maximum atomic E-state index is 11.8. The Hall–Kier alpha value is -1.18. The SMILES string of the molecule is Cc1c([N+](=O)[O-])cccc1S(=O)(=O)NCCCl. The average molecular weight is 279 g/mol. The zero-order valence-corrected chi connectivity index (χ0v) is 10.6. The minimum Gasteiger partial charge on any atom is -0.258 e. The molecule has 6 nitrogen and oxygen atoms in total. The van der Waals surface area contributed by atoms with Crippen LogP contribution >= 0.6 is 11.6 Å². The van der Waals surface area contributed by atoms with Gasteiger partial charge in [-0.05, 0) is 13.0 Å². The van der Waals surface area contributed by atoms with Crippen molar-refractivity contribution in [1.29, 1.82) is 0 Å². The summed E-state index contributed by atoms with van der Waals surface area (Å²) in [6, 6.07) is 3.91. The van der Waals surface area contributed by atoms with E-state index in [0.717, 1.165) is 0 Å². The summed E-state index contributed by atoms with van der Waals surface area (Å²) < 4.78 is 25.8. The molecule has 8 heteroatoms. The molecule has 0 amide bonds. The Balaban J connectivity index is 3.24. The molecule has 0 unspecified atom stereocenters. The molecule has 0 saturated heterocycles. The molecule has 0 spiro atoms. The van der Waals surface area contributed by atoms with Gasteiger partial charge in [-0.1, -0.05) is 6.07 Å². The molecular formula is C9H11ClN2O4S. The fraction of sp³-hybridized carbons (Fsp3) is 0.333. The van der Waals surface area contributed by atoms with Gasteiger partial charge in [-0.15, -0.1) is 11.6 Å². The average Bonchev–Trinajstić information content (AvgIpc) is 2.26. The summed E-state index contributed by atoms with van der Waals surface area (Å²) in [4.78, 5) is 9.97. The van der Waals surface area contributed by atoms with Gasteiger partial charge in [0.05, 0.1) is 9.82 Å². The quantitative estimate of drug-likeness (QED) is 0.501. The molecule has 1 N–H and O–H groups in total. The molecule has 1 aromatic carbocycles. The van der Waals surface area contributed by atoms with Crippen molar-refractivity contribution < 1.29 is 13.3 Å². The second-order valence-corrected chi connectivity index (χ2v) is 5.36. The predicted octanol–water partition coefficient (Wildman–Crippen LogP) is 1.42. The highest BCUT2D eigenvalue weighted by Gasteiger charge is 2.22. The van der Waals surface area contributed by atoms with E-state index in [4.69, 9.17) is 11.6 Å². The maximum absolute atomic E-state index is 11.8. The van der Waals surface area contributed by atoms with E-state index in [-0.39, 0.29) is 28.6 Å². The lowest BCUT2D eigenvalue weighted by Crippen LogP contribution is -2.26. The van der Waals surface area contributed by atoms with Gasteiger partial charge in [0.25, 0.3) is 5.69 Å². The van der Waals surface area contributed by atoms with Crippen LogP contribution in [0.1, 0.15) is 5.56 Å². The Kier molecular flexibility index (Phi) is 4.44. The summed E-state index contributed by atoms with van der Waals surface area (Å²) in [5.41, 5.74) is -0.113. The molecule has 0 radical (unpaired) electrons. The molecule has 0 aliphatic carbocycles. The van der Waals surface area contributed by atoms with Crippen LogP contribution in [0.25, 0.3) is 0 Å². The van der Waals surface area contributed by atoms with E-state index < -0.39 is 14.9 Å². The van der Waals surface area contributed by atoms with Crippen LogP contribution < -0.4 is 4.72 Å². The first kappa shape index (κ1) is 13.9. The van der Waals surface area contributed by atoms with Gasteiger partial charge in [-0.3, -0.25) is 10.1 Å². The lowest BCUT2D eigenvalue weighted by atomic mass is 10.2. The zero-order chi connectivity index (χ0) is 13.1. The molecule has 0 aliphatic heterocycles. The van der Waals surface area contributed by atoms with Crippen LogP contribution in [0.5, 0.6) is 0 Å². The van der Waals surface area contributed by atoms with Crippen molar-refractivity contribution in [1.82, 2.24) is 4.72 Å². The van der Waals surface area contributed by atoms with Gasteiger partial charge in [-0.2, -0.15) is 0 Å². The lowest BCUT2D eigenvalue weighted by molar-refractivity contribution is -0.385. The number of benzene rings is 1. The molecule has 94 valence electrons. The van der Waals surface area contributed by atoms with E-state index in [0.29, 0.717) is 0 Å². The minimum atomic E-state index is -3.75. The highest BCUT2D eigenvalue weighted by molar-refractivity contribution is 7.89. The van der Waals surface area contributed by atoms with Crippen LogP contribution in [-0.4, -0.2) is 25.8 Å². The molecule has 0 bridgehead atoms. The summed E-state index contributed by atoms with van der Waals surface area (Å²) in [6.45, 7) is 1.47. The Morgan fingerprint density at radius 3 is 2.65 bits per heavy atom. The second-order valence-electron chi connectivity index (χ2n) is 3.24. The van der Waals surface area contributed by atoms with Gasteiger partial charge in [-0.25, -0.2) is 13.1 Å². The van der Waals surface area contributed by atoms with Crippen LogP contribution in [0.4, 0.5) is 5.69 Å². The van der Waals surface area contributed by atoms with Crippen LogP contribution in [0.3, 0.4) is 0 Å². The van der Waals surface area contributed by atoms with Crippen LogP contribution in [0, 0.1) is 17.0 Å². The second kappa shape index (κ2) is 5.44. The van der Waals surface area contributed by atoms with E-state index in [1.54, 1.807) is 0 Å². The first-order chi connectivity index (χ1) is 7.90. The molecule has 0 fully saturated rings. The normalized spacial score (nSPS) is 11.4. The molecule has 17 heavy (non-hydrogen) atoms. The number of nitrogens with zero attached hydrogens (tertiary/aromatic N) is 1. The summed E-state index contributed by atoms with van der Waals surface area (Å²) in [7, 11) is -3.75. The number of nitrogens with one attached hydrogen (secondary N) is 1. The number of sulfonamides is 1. The number of rotatable bonds is 5. The topological polar surface area (TPSA) is 89.3 Å². The number of nitro benzene ring substituents is 1. The molecule has 0 atom stereocenters. The standard InChI is InChI=1S/C9H11ClN2O4S/c1-7-8(12(13)14)3-2-4-9(7)17(15,16)11-6-5-10/h2-4,11H,5-6H2,1H3. The first-order valence-corrected chi connectivity index (χ1v) is 6.71. The maximum Gasteiger partial charge on any atom is 0.273 e. The van der Waals surface area contributed by atoms with E-state index in [2.05, 4.69) is 4.72 Å². The van der Waals surface area contributed by atoms with Gasteiger partial charge in [0, 0.05) is 24.1 Å². The lowest BCUT2D eigenvalue weighted by Gasteiger charge is -2.08. The van der Waals surface area contributed by atoms with Crippen molar-refractivity contribution in [2.45, 2.75) is 11.8 Å². The Labute approximate surface area is 104 Å². The minimum absolute atomic E-state index is 0.0754. The van der Waals surface area contributed by atoms with E-state index >= 15 is 0 Å².